The number of rotatable bonds is 3. The standard InChI is InChI=1S/C21H25ClN4O3/c1-15-11-16(4-5-19(15)22)21(28)25-6-2-3-17(14-25)26-20(27)12-18(13-23-26)24-7-9-29-10-8-24/h4-5,11-13,17H,2-3,6-10,14H2,1H3. The molecule has 1 unspecified atom stereocenters. The number of carbonyl (C=O) groups is 1. The van der Waals surface area contributed by atoms with Gasteiger partial charge in [-0.15, -0.1) is 0 Å². The van der Waals surface area contributed by atoms with Crippen LogP contribution in [0, 0.1) is 6.92 Å². The minimum atomic E-state index is -0.129. The lowest BCUT2D eigenvalue weighted by Crippen LogP contribution is -2.44. The number of benzene rings is 1. The third-order valence-corrected chi connectivity index (χ3v) is 6.05. The molecule has 0 radical (unpaired) electrons. The lowest BCUT2D eigenvalue weighted by Gasteiger charge is -2.33. The van der Waals surface area contributed by atoms with E-state index in [4.69, 9.17) is 16.3 Å². The molecule has 154 valence electrons. The summed E-state index contributed by atoms with van der Waals surface area (Å²) < 4.78 is 6.89. The van der Waals surface area contributed by atoms with Gasteiger partial charge in [0.25, 0.3) is 11.5 Å². The number of hydrogen-bond acceptors (Lipinski definition) is 5. The van der Waals surface area contributed by atoms with Gasteiger partial charge >= 0.3 is 0 Å². The van der Waals surface area contributed by atoms with Crippen LogP contribution in [0.2, 0.25) is 5.02 Å². The molecule has 1 amide bonds. The average molecular weight is 417 g/mol. The molecule has 2 saturated heterocycles. The van der Waals surface area contributed by atoms with Gasteiger partial charge in [-0.05, 0) is 43.5 Å². The summed E-state index contributed by atoms with van der Waals surface area (Å²) in [6.45, 7) is 5.88. The van der Waals surface area contributed by atoms with Crippen LogP contribution < -0.4 is 10.5 Å². The van der Waals surface area contributed by atoms with Crippen molar-refractivity contribution >= 4 is 23.2 Å². The second-order valence-corrected chi connectivity index (χ2v) is 8.01. The van der Waals surface area contributed by atoms with Crippen molar-refractivity contribution in [3.05, 3.63) is 57.0 Å². The van der Waals surface area contributed by atoms with Crippen molar-refractivity contribution in [3.63, 3.8) is 0 Å². The van der Waals surface area contributed by atoms with Crippen LogP contribution in [0.5, 0.6) is 0 Å². The van der Waals surface area contributed by atoms with Gasteiger partial charge in [-0.2, -0.15) is 5.10 Å². The molecule has 1 atom stereocenters. The van der Waals surface area contributed by atoms with Gasteiger partial charge in [0.15, 0.2) is 0 Å². The maximum absolute atomic E-state index is 12.9. The Bertz CT molecular complexity index is 955. The molecular weight excluding hydrogens is 392 g/mol. The number of morpholine rings is 1. The molecule has 1 aromatic heterocycles. The van der Waals surface area contributed by atoms with E-state index in [2.05, 4.69) is 10.00 Å². The maximum atomic E-state index is 12.9. The van der Waals surface area contributed by atoms with Crippen LogP contribution in [0.15, 0.2) is 35.3 Å². The molecule has 7 nitrogen and oxygen atoms in total. The van der Waals surface area contributed by atoms with Crippen LogP contribution in [-0.4, -0.2) is 60.0 Å². The predicted molar refractivity (Wildman–Crippen MR) is 112 cm³/mol. The van der Waals surface area contributed by atoms with Crippen LogP contribution in [-0.2, 0) is 4.74 Å². The zero-order valence-electron chi connectivity index (χ0n) is 16.5. The molecule has 2 aromatic rings. The molecule has 0 N–H and O–H groups in total. The summed E-state index contributed by atoms with van der Waals surface area (Å²) in [5.41, 5.74) is 2.20. The van der Waals surface area contributed by atoms with Crippen LogP contribution in [0.4, 0.5) is 5.69 Å². The Hall–Kier alpha value is -2.38. The van der Waals surface area contributed by atoms with E-state index in [-0.39, 0.29) is 17.5 Å². The van der Waals surface area contributed by atoms with Crippen molar-refractivity contribution in [1.29, 1.82) is 0 Å². The number of hydrogen-bond donors (Lipinski definition) is 0. The second kappa shape index (κ2) is 8.55. The molecule has 0 spiro atoms. The number of likely N-dealkylation sites (tertiary alicyclic amines) is 1. The number of carbonyl (C=O) groups excluding carboxylic acids is 1. The Balaban J connectivity index is 1.50. The van der Waals surface area contributed by atoms with Gasteiger partial charge in [0.05, 0.1) is 31.1 Å². The predicted octanol–water partition coefficient (Wildman–Crippen LogP) is 2.52. The molecule has 1 aromatic carbocycles. The Morgan fingerprint density at radius 1 is 1.21 bits per heavy atom. The topological polar surface area (TPSA) is 67.7 Å². The Morgan fingerprint density at radius 3 is 2.72 bits per heavy atom. The first-order chi connectivity index (χ1) is 14.0. The van der Waals surface area contributed by atoms with Crippen molar-refractivity contribution in [2.24, 2.45) is 0 Å². The van der Waals surface area contributed by atoms with E-state index in [0.717, 1.165) is 37.2 Å². The number of aromatic nitrogens is 2. The average Bonchev–Trinajstić information content (AvgIpc) is 2.76. The van der Waals surface area contributed by atoms with E-state index >= 15 is 0 Å². The Labute approximate surface area is 174 Å². The molecule has 29 heavy (non-hydrogen) atoms. The lowest BCUT2D eigenvalue weighted by molar-refractivity contribution is 0.0670. The van der Waals surface area contributed by atoms with Crippen LogP contribution in [0.3, 0.4) is 0 Å². The molecule has 2 aliphatic rings. The molecule has 2 fully saturated rings. The van der Waals surface area contributed by atoms with Gasteiger partial charge in [0, 0.05) is 42.8 Å². The second-order valence-electron chi connectivity index (χ2n) is 7.61. The highest BCUT2D eigenvalue weighted by Gasteiger charge is 2.27. The van der Waals surface area contributed by atoms with Crippen molar-refractivity contribution in [3.8, 4) is 0 Å². The van der Waals surface area contributed by atoms with Crippen molar-refractivity contribution < 1.29 is 9.53 Å². The number of nitrogens with zero attached hydrogens (tertiary/aromatic N) is 4. The molecule has 0 saturated carbocycles. The summed E-state index contributed by atoms with van der Waals surface area (Å²) >= 11 is 6.08. The van der Waals surface area contributed by atoms with Gasteiger partial charge in [-0.1, -0.05) is 11.6 Å². The molecule has 0 aliphatic carbocycles. The number of aryl methyl sites for hydroxylation is 1. The first kappa shape index (κ1) is 19.9. The highest BCUT2D eigenvalue weighted by molar-refractivity contribution is 6.31. The maximum Gasteiger partial charge on any atom is 0.269 e. The van der Waals surface area contributed by atoms with Crippen LogP contribution in [0.25, 0.3) is 0 Å². The van der Waals surface area contributed by atoms with E-state index in [0.29, 0.717) is 36.9 Å². The molecule has 3 heterocycles. The minimum Gasteiger partial charge on any atom is -0.378 e. The number of anilines is 1. The Morgan fingerprint density at radius 2 is 2.00 bits per heavy atom. The zero-order chi connectivity index (χ0) is 20.4. The van der Waals surface area contributed by atoms with Crippen molar-refractivity contribution in [2.75, 3.05) is 44.3 Å². The molecular formula is C21H25ClN4O3. The van der Waals surface area contributed by atoms with Crippen molar-refractivity contribution in [1.82, 2.24) is 14.7 Å². The van der Waals surface area contributed by atoms with E-state index in [1.807, 2.05) is 13.0 Å². The highest BCUT2D eigenvalue weighted by Crippen LogP contribution is 2.23. The number of amides is 1. The van der Waals surface area contributed by atoms with Gasteiger partial charge in [-0.3, -0.25) is 9.59 Å². The molecule has 4 rings (SSSR count). The molecule has 0 bridgehead atoms. The molecule has 2 aliphatic heterocycles. The molecule has 8 heteroatoms. The zero-order valence-corrected chi connectivity index (χ0v) is 17.3. The number of piperidine rings is 1. The highest BCUT2D eigenvalue weighted by atomic mass is 35.5. The first-order valence-corrected chi connectivity index (χ1v) is 10.4. The first-order valence-electron chi connectivity index (χ1n) is 10.00. The van der Waals surface area contributed by atoms with E-state index < -0.39 is 0 Å². The summed E-state index contributed by atoms with van der Waals surface area (Å²) in [5, 5.41) is 5.08. The van der Waals surface area contributed by atoms with Crippen LogP contribution in [0.1, 0.15) is 34.8 Å². The summed E-state index contributed by atoms with van der Waals surface area (Å²) in [4.78, 5) is 29.6. The summed E-state index contributed by atoms with van der Waals surface area (Å²) in [7, 11) is 0. The fourth-order valence-electron chi connectivity index (χ4n) is 3.98. The fraction of sp³-hybridized carbons (Fsp3) is 0.476. The fourth-order valence-corrected chi connectivity index (χ4v) is 4.09. The van der Waals surface area contributed by atoms with E-state index in [9.17, 15) is 9.59 Å². The SMILES string of the molecule is Cc1cc(C(=O)N2CCCC(n3ncc(N4CCOCC4)cc3=O)C2)ccc1Cl. The third kappa shape index (κ3) is 4.31. The van der Waals surface area contributed by atoms with Crippen molar-refractivity contribution in [2.45, 2.75) is 25.8 Å². The Kier molecular flexibility index (Phi) is 5.87. The quantitative estimate of drug-likeness (QED) is 0.769. The minimum absolute atomic E-state index is 0.0348. The summed E-state index contributed by atoms with van der Waals surface area (Å²) in [6, 6.07) is 6.84. The lowest BCUT2D eigenvalue weighted by atomic mass is 10.0. The van der Waals surface area contributed by atoms with E-state index in [1.165, 1.54) is 4.68 Å². The summed E-state index contributed by atoms with van der Waals surface area (Å²) in [6.07, 6.45) is 3.41. The largest absolute Gasteiger partial charge is 0.378 e. The number of ether oxygens (including phenoxy) is 1. The van der Waals surface area contributed by atoms with E-state index in [1.54, 1.807) is 29.3 Å². The summed E-state index contributed by atoms with van der Waals surface area (Å²) in [5.74, 6) is -0.0348. The van der Waals surface area contributed by atoms with Gasteiger partial charge in [-0.25, -0.2) is 4.68 Å². The van der Waals surface area contributed by atoms with Crippen LogP contribution >= 0.6 is 11.6 Å². The van der Waals surface area contributed by atoms with Gasteiger partial charge in [0.2, 0.25) is 0 Å². The monoisotopic (exact) mass is 416 g/mol. The smallest absolute Gasteiger partial charge is 0.269 e. The van der Waals surface area contributed by atoms with Gasteiger partial charge < -0.3 is 14.5 Å². The van der Waals surface area contributed by atoms with Gasteiger partial charge in [0.1, 0.15) is 0 Å². The third-order valence-electron chi connectivity index (χ3n) is 5.62. The number of halogens is 1. The normalized spacial score (nSPS) is 20.0.